The quantitative estimate of drug-likeness (QED) is 0.788. The van der Waals surface area contributed by atoms with E-state index in [-0.39, 0.29) is 11.9 Å². The van der Waals surface area contributed by atoms with Gasteiger partial charge < -0.3 is 10.2 Å². The van der Waals surface area contributed by atoms with Gasteiger partial charge in [0.05, 0.1) is 5.69 Å². The van der Waals surface area contributed by atoms with E-state index in [1.54, 1.807) is 17.9 Å². The van der Waals surface area contributed by atoms with E-state index in [4.69, 9.17) is 0 Å². The maximum Gasteiger partial charge on any atom is 0.269 e. The molecular formula is C20H21N5O. The molecule has 4 rings (SSSR count). The predicted octanol–water partition coefficient (Wildman–Crippen LogP) is 2.49. The molecule has 2 aromatic heterocycles. The highest BCUT2D eigenvalue weighted by Crippen LogP contribution is 2.20. The lowest BCUT2D eigenvalue weighted by Crippen LogP contribution is -2.38. The van der Waals surface area contributed by atoms with E-state index in [9.17, 15) is 4.79 Å². The molecule has 6 nitrogen and oxygen atoms in total. The van der Waals surface area contributed by atoms with Crippen molar-refractivity contribution in [3.05, 3.63) is 66.5 Å². The number of carbonyl (C=O) groups is 1. The topological polar surface area (TPSA) is 63.1 Å². The fourth-order valence-electron chi connectivity index (χ4n) is 3.32. The third kappa shape index (κ3) is 3.31. The molecular weight excluding hydrogens is 326 g/mol. The number of nitrogens with zero attached hydrogens (tertiary/aromatic N) is 4. The average Bonchev–Trinajstić information content (AvgIpc) is 3.30. The van der Waals surface area contributed by atoms with E-state index >= 15 is 0 Å². The number of rotatable bonds is 4. The number of aryl methyl sites for hydroxylation is 1. The van der Waals surface area contributed by atoms with Crippen molar-refractivity contribution in [2.45, 2.75) is 12.5 Å². The second-order valence-corrected chi connectivity index (χ2v) is 6.50. The van der Waals surface area contributed by atoms with Crippen LogP contribution >= 0.6 is 0 Å². The molecule has 0 saturated carbocycles. The van der Waals surface area contributed by atoms with Crippen LogP contribution in [0.4, 0.5) is 5.82 Å². The molecule has 1 aromatic carbocycles. The number of amides is 1. The van der Waals surface area contributed by atoms with Gasteiger partial charge in [-0.05, 0) is 24.6 Å². The molecule has 1 amide bonds. The zero-order chi connectivity index (χ0) is 17.9. The summed E-state index contributed by atoms with van der Waals surface area (Å²) in [6.07, 6.45) is 2.70. The molecule has 132 valence electrons. The summed E-state index contributed by atoms with van der Waals surface area (Å²) >= 11 is 0. The van der Waals surface area contributed by atoms with Crippen LogP contribution in [0.25, 0.3) is 11.3 Å². The second-order valence-electron chi connectivity index (χ2n) is 6.50. The van der Waals surface area contributed by atoms with Gasteiger partial charge in [-0.15, -0.1) is 0 Å². The highest BCUT2D eigenvalue weighted by Gasteiger charge is 2.26. The zero-order valence-corrected chi connectivity index (χ0v) is 14.7. The minimum atomic E-state index is -0.0879. The Hall–Kier alpha value is -3.15. The molecule has 0 bridgehead atoms. The van der Waals surface area contributed by atoms with Crippen LogP contribution in [0, 0.1) is 0 Å². The minimum Gasteiger partial charge on any atom is -0.354 e. The number of carbonyl (C=O) groups excluding carboxylic acids is 1. The van der Waals surface area contributed by atoms with Crippen molar-refractivity contribution >= 4 is 11.7 Å². The standard InChI is InChI=1S/C20H21N5O/c1-24-18(13-17(23-24)15-7-3-2-4-8-15)20(26)22-16-10-12-25(14-16)19-9-5-6-11-21-19/h2-9,11,13,16H,10,12,14H2,1H3,(H,22,26). The van der Waals surface area contributed by atoms with E-state index in [1.165, 1.54) is 0 Å². The number of hydrogen-bond donors (Lipinski definition) is 1. The molecule has 1 atom stereocenters. The smallest absolute Gasteiger partial charge is 0.269 e. The largest absolute Gasteiger partial charge is 0.354 e. The molecule has 1 aliphatic rings. The van der Waals surface area contributed by atoms with Crippen LogP contribution in [0.15, 0.2) is 60.8 Å². The lowest BCUT2D eigenvalue weighted by Gasteiger charge is -2.17. The number of anilines is 1. The first-order valence-electron chi connectivity index (χ1n) is 8.77. The number of hydrogen-bond acceptors (Lipinski definition) is 4. The van der Waals surface area contributed by atoms with Crippen LogP contribution in [0.5, 0.6) is 0 Å². The maximum absolute atomic E-state index is 12.7. The third-order valence-electron chi connectivity index (χ3n) is 4.68. The molecule has 0 spiro atoms. The number of pyridine rings is 1. The van der Waals surface area contributed by atoms with Crippen LogP contribution in [-0.2, 0) is 7.05 Å². The van der Waals surface area contributed by atoms with Gasteiger partial charge in [-0.2, -0.15) is 5.10 Å². The average molecular weight is 347 g/mol. The van der Waals surface area contributed by atoms with Crippen molar-refractivity contribution in [1.82, 2.24) is 20.1 Å². The van der Waals surface area contributed by atoms with Crippen LogP contribution < -0.4 is 10.2 Å². The summed E-state index contributed by atoms with van der Waals surface area (Å²) in [5.41, 5.74) is 2.38. The molecule has 26 heavy (non-hydrogen) atoms. The van der Waals surface area contributed by atoms with Gasteiger partial charge in [0.1, 0.15) is 11.5 Å². The lowest BCUT2D eigenvalue weighted by molar-refractivity contribution is 0.0931. The normalized spacial score (nSPS) is 16.7. The summed E-state index contributed by atoms with van der Waals surface area (Å²) in [5.74, 6) is 0.867. The van der Waals surface area contributed by atoms with Crippen molar-refractivity contribution < 1.29 is 4.79 Å². The first-order chi connectivity index (χ1) is 12.7. The lowest BCUT2D eigenvalue weighted by atomic mass is 10.1. The van der Waals surface area contributed by atoms with Crippen LogP contribution in [0.3, 0.4) is 0 Å². The number of nitrogens with one attached hydrogen (secondary N) is 1. The predicted molar refractivity (Wildman–Crippen MR) is 101 cm³/mol. The molecule has 3 aromatic rings. The van der Waals surface area contributed by atoms with Crippen molar-refractivity contribution in [3.63, 3.8) is 0 Å². The van der Waals surface area contributed by atoms with Gasteiger partial charge >= 0.3 is 0 Å². The van der Waals surface area contributed by atoms with E-state index in [0.717, 1.165) is 36.6 Å². The van der Waals surface area contributed by atoms with Gasteiger partial charge in [-0.25, -0.2) is 4.98 Å². The highest BCUT2D eigenvalue weighted by atomic mass is 16.2. The van der Waals surface area contributed by atoms with Gasteiger partial charge in [0.2, 0.25) is 0 Å². The second kappa shape index (κ2) is 7.00. The van der Waals surface area contributed by atoms with Gasteiger partial charge in [0.25, 0.3) is 5.91 Å². The summed E-state index contributed by atoms with van der Waals surface area (Å²) in [6, 6.07) is 17.7. The summed E-state index contributed by atoms with van der Waals surface area (Å²) < 4.78 is 1.64. The summed E-state index contributed by atoms with van der Waals surface area (Å²) in [7, 11) is 1.80. The first kappa shape index (κ1) is 16.3. The Morgan fingerprint density at radius 2 is 1.96 bits per heavy atom. The molecule has 1 N–H and O–H groups in total. The first-order valence-corrected chi connectivity index (χ1v) is 8.77. The molecule has 0 radical (unpaired) electrons. The third-order valence-corrected chi connectivity index (χ3v) is 4.68. The number of aromatic nitrogens is 3. The van der Waals surface area contributed by atoms with E-state index in [0.29, 0.717) is 5.69 Å². The SMILES string of the molecule is Cn1nc(-c2ccccc2)cc1C(=O)NC1CCN(c2ccccn2)C1. The molecule has 1 fully saturated rings. The summed E-state index contributed by atoms with van der Waals surface area (Å²) in [5, 5.41) is 7.61. The van der Waals surface area contributed by atoms with Crippen LogP contribution in [0.1, 0.15) is 16.9 Å². The Morgan fingerprint density at radius 1 is 1.15 bits per heavy atom. The van der Waals surface area contributed by atoms with Crippen molar-refractivity contribution in [2.75, 3.05) is 18.0 Å². The maximum atomic E-state index is 12.7. The molecule has 1 unspecified atom stereocenters. The zero-order valence-electron chi connectivity index (χ0n) is 14.7. The van der Waals surface area contributed by atoms with Crippen LogP contribution in [-0.4, -0.2) is 39.8 Å². The van der Waals surface area contributed by atoms with Gasteiger partial charge in [-0.1, -0.05) is 36.4 Å². The van der Waals surface area contributed by atoms with Crippen molar-refractivity contribution in [1.29, 1.82) is 0 Å². The molecule has 1 saturated heterocycles. The molecule has 1 aliphatic heterocycles. The van der Waals surface area contributed by atoms with Crippen LogP contribution in [0.2, 0.25) is 0 Å². The fraction of sp³-hybridized carbons (Fsp3) is 0.250. The van der Waals surface area contributed by atoms with E-state index in [2.05, 4.69) is 20.3 Å². The van der Waals surface area contributed by atoms with Crippen molar-refractivity contribution in [2.24, 2.45) is 7.05 Å². The van der Waals surface area contributed by atoms with Gasteiger partial charge in [0, 0.05) is 37.9 Å². The van der Waals surface area contributed by atoms with Gasteiger partial charge in [-0.3, -0.25) is 9.48 Å². The van der Waals surface area contributed by atoms with E-state index in [1.807, 2.05) is 54.6 Å². The molecule has 3 heterocycles. The Labute approximate surface area is 152 Å². The monoisotopic (exact) mass is 347 g/mol. The van der Waals surface area contributed by atoms with Gasteiger partial charge in [0.15, 0.2) is 0 Å². The number of benzene rings is 1. The molecule has 0 aliphatic carbocycles. The molecule has 6 heteroatoms. The fourth-order valence-corrected chi connectivity index (χ4v) is 3.32. The Kier molecular flexibility index (Phi) is 4.39. The minimum absolute atomic E-state index is 0.0879. The van der Waals surface area contributed by atoms with E-state index < -0.39 is 0 Å². The highest BCUT2D eigenvalue weighted by molar-refractivity contribution is 5.94. The summed E-state index contributed by atoms with van der Waals surface area (Å²) in [6.45, 7) is 1.66. The Balaban J connectivity index is 1.44. The Morgan fingerprint density at radius 3 is 2.73 bits per heavy atom. The Bertz CT molecular complexity index is 891. The summed E-state index contributed by atoms with van der Waals surface area (Å²) in [4.78, 5) is 19.3. The van der Waals surface area contributed by atoms with Crippen molar-refractivity contribution in [3.8, 4) is 11.3 Å².